The molecule has 5 atom stereocenters. The summed E-state index contributed by atoms with van der Waals surface area (Å²) in [7, 11) is 0. The molecule has 2 heteroatoms. The van der Waals surface area contributed by atoms with Crippen LogP contribution in [0, 0.1) is 23.7 Å². The van der Waals surface area contributed by atoms with Gasteiger partial charge in [-0.2, -0.15) is 0 Å². The third kappa shape index (κ3) is 5.15. The number of rotatable bonds is 7. The van der Waals surface area contributed by atoms with E-state index in [1.807, 2.05) is 6.08 Å². The quantitative estimate of drug-likeness (QED) is 0.489. The molecule has 0 bridgehead atoms. The van der Waals surface area contributed by atoms with Gasteiger partial charge in [-0.3, -0.25) is 0 Å². The van der Waals surface area contributed by atoms with E-state index in [0.717, 1.165) is 36.0 Å². The van der Waals surface area contributed by atoms with Crippen LogP contribution in [0.2, 0.25) is 0 Å². The molecule has 0 aliphatic heterocycles. The second-order valence-corrected chi connectivity index (χ2v) is 9.46. The van der Waals surface area contributed by atoms with E-state index in [1.165, 1.54) is 63.4 Å². The Morgan fingerprint density at radius 1 is 0.931 bits per heavy atom. The summed E-state index contributed by atoms with van der Waals surface area (Å²) in [4.78, 5) is 0. The molecule has 2 fully saturated rings. The van der Waals surface area contributed by atoms with Gasteiger partial charge in [0.2, 0.25) is 0 Å². The Kier molecular flexibility index (Phi) is 7.13. The molecule has 0 N–H and O–H groups in total. The van der Waals surface area contributed by atoms with Crippen molar-refractivity contribution in [1.29, 1.82) is 0 Å². The number of allylic oxidation sites excluding steroid dienone is 1. The molecule has 0 heterocycles. The van der Waals surface area contributed by atoms with Gasteiger partial charge < -0.3 is 9.47 Å². The minimum atomic E-state index is 0.503. The Hall–Kier alpha value is -1.54. The Bertz CT molecular complexity index is 706. The van der Waals surface area contributed by atoms with Gasteiger partial charge in [-0.25, -0.2) is 0 Å². The van der Waals surface area contributed by atoms with E-state index in [4.69, 9.17) is 9.47 Å². The minimum absolute atomic E-state index is 0.503. The SMILES string of the molecule is C=CCOc1ccc2c(c1)CCC(C1CCC3C[C@H](OCC=CC)CC[C@@H]3C1)C2. The number of aryl methyl sites for hydroxylation is 1. The molecule has 0 saturated heterocycles. The second kappa shape index (κ2) is 9.98. The van der Waals surface area contributed by atoms with Crippen LogP contribution in [0.1, 0.15) is 63.0 Å². The lowest BCUT2D eigenvalue weighted by Crippen LogP contribution is -2.37. The first-order valence-corrected chi connectivity index (χ1v) is 11.8. The molecule has 0 aromatic heterocycles. The maximum atomic E-state index is 6.09. The van der Waals surface area contributed by atoms with Gasteiger partial charge in [-0.15, -0.1) is 0 Å². The maximum absolute atomic E-state index is 6.09. The molecule has 1 aromatic carbocycles. The van der Waals surface area contributed by atoms with E-state index in [2.05, 4.69) is 43.9 Å². The van der Waals surface area contributed by atoms with Crippen molar-refractivity contribution in [3.8, 4) is 5.75 Å². The third-order valence-corrected chi connectivity index (χ3v) is 7.75. The van der Waals surface area contributed by atoms with Gasteiger partial charge in [0.25, 0.3) is 0 Å². The van der Waals surface area contributed by atoms with Crippen molar-refractivity contribution >= 4 is 0 Å². The summed E-state index contributed by atoms with van der Waals surface area (Å²) >= 11 is 0. The van der Waals surface area contributed by atoms with Crippen LogP contribution in [0.25, 0.3) is 0 Å². The summed E-state index contributed by atoms with van der Waals surface area (Å²) in [5.41, 5.74) is 3.07. The standard InChI is InChI=1S/C27H38O2/c1-3-5-15-29-27-13-11-23-17-21(7-9-25(23)19-27)20-6-8-24-18-26(28-14-4-2)12-10-22(24)16-20/h3-5,10,12,18,20-21,23,25,27H,2,6-9,11,13-17,19H2,1H3/t20?,21?,23-,25?,27-/m1/s1. The smallest absolute Gasteiger partial charge is 0.120 e. The van der Waals surface area contributed by atoms with Crippen molar-refractivity contribution in [3.63, 3.8) is 0 Å². The summed E-state index contributed by atoms with van der Waals surface area (Å²) in [5, 5.41) is 0. The summed E-state index contributed by atoms with van der Waals surface area (Å²) in [6.07, 6.45) is 18.7. The second-order valence-electron chi connectivity index (χ2n) is 9.46. The fourth-order valence-electron chi connectivity index (χ4n) is 6.16. The first-order chi connectivity index (χ1) is 14.3. The Morgan fingerprint density at radius 3 is 2.55 bits per heavy atom. The number of fused-ring (bicyclic) bond motifs is 2. The van der Waals surface area contributed by atoms with Gasteiger partial charge in [0.1, 0.15) is 12.4 Å². The van der Waals surface area contributed by atoms with E-state index < -0.39 is 0 Å². The molecule has 3 aliphatic carbocycles. The highest BCUT2D eigenvalue weighted by atomic mass is 16.5. The van der Waals surface area contributed by atoms with Crippen molar-refractivity contribution in [3.05, 3.63) is 54.1 Å². The van der Waals surface area contributed by atoms with E-state index >= 15 is 0 Å². The zero-order valence-corrected chi connectivity index (χ0v) is 18.2. The fraction of sp³-hybridized carbons (Fsp3) is 0.630. The van der Waals surface area contributed by atoms with Crippen molar-refractivity contribution in [2.75, 3.05) is 13.2 Å². The Balaban J connectivity index is 1.30. The maximum Gasteiger partial charge on any atom is 0.120 e. The lowest BCUT2D eigenvalue weighted by molar-refractivity contribution is -0.0138. The lowest BCUT2D eigenvalue weighted by Gasteiger charge is -2.44. The summed E-state index contributed by atoms with van der Waals surface area (Å²) < 4.78 is 11.8. The molecule has 4 rings (SSSR count). The van der Waals surface area contributed by atoms with E-state index in [-0.39, 0.29) is 0 Å². The Labute approximate surface area is 177 Å². The first kappa shape index (κ1) is 20.7. The fourth-order valence-corrected chi connectivity index (χ4v) is 6.16. The van der Waals surface area contributed by atoms with E-state index in [0.29, 0.717) is 12.7 Å². The van der Waals surface area contributed by atoms with Gasteiger partial charge in [0, 0.05) is 0 Å². The van der Waals surface area contributed by atoms with Crippen LogP contribution in [0.5, 0.6) is 5.75 Å². The van der Waals surface area contributed by atoms with Crippen molar-refractivity contribution in [2.45, 2.75) is 70.8 Å². The summed E-state index contributed by atoms with van der Waals surface area (Å²) in [5.74, 6) is 4.67. The van der Waals surface area contributed by atoms with Gasteiger partial charge in [-0.1, -0.05) is 30.9 Å². The van der Waals surface area contributed by atoms with Crippen molar-refractivity contribution in [1.82, 2.24) is 0 Å². The number of benzene rings is 1. The van der Waals surface area contributed by atoms with Crippen LogP contribution in [0.3, 0.4) is 0 Å². The van der Waals surface area contributed by atoms with Gasteiger partial charge in [-0.05, 0) is 112 Å². The molecule has 3 aliphatic rings. The zero-order valence-electron chi connectivity index (χ0n) is 18.2. The van der Waals surface area contributed by atoms with Crippen LogP contribution in [0.15, 0.2) is 43.0 Å². The van der Waals surface area contributed by atoms with Gasteiger partial charge in [0.05, 0.1) is 12.7 Å². The lowest BCUT2D eigenvalue weighted by atomic mass is 9.62. The Morgan fingerprint density at radius 2 is 1.72 bits per heavy atom. The summed E-state index contributed by atoms with van der Waals surface area (Å²) in [6, 6.07) is 6.73. The molecule has 29 heavy (non-hydrogen) atoms. The van der Waals surface area contributed by atoms with E-state index in [1.54, 1.807) is 5.56 Å². The van der Waals surface area contributed by atoms with Crippen LogP contribution in [-0.4, -0.2) is 19.3 Å². The van der Waals surface area contributed by atoms with Gasteiger partial charge in [0.15, 0.2) is 0 Å². The molecule has 1 aromatic rings. The van der Waals surface area contributed by atoms with Gasteiger partial charge >= 0.3 is 0 Å². The highest BCUT2D eigenvalue weighted by molar-refractivity contribution is 5.37. The molecule has 3 unspecified atom stereocenters. The van der Waals surface area contributed by atoms with Crippen molar-refractivity contribution in [2.24, 2.45) is 23.7 Å². The zero-order chi connectivity index (χ0) is 20.1. The summed E-state index contributed by atoms with van der Waals surface area (Å²) in [6.45, 7) is 7.20. The molecular weight excluding hydrogens is 356 g/mol. The van der Waals surface area contributed by atoms with Crippen molar-refractivity contribution < 1.29 is 9.47 Å². The topological polar surface area (TPSA) is 18.5 Å². The van der Waals surface area contributed by atoms with Crippen LogP contribution in [-0.2, 0) is 17.6 Å². The monoisotopic (exact) mass is 394 g/mol. The number of ether oxygens (including phenoxy) is 2. The highest BCUT2D eigenvalue weighted by Gasteiger charge is 2.38. The van der Waals surface area contributed by atoms with E-state index in [9.17, 15) is 0 Å². The molecule has 158 valence electrons. The molecule has 0 spiro atoms. The average molecular weight is 395 g/mol. The molecule has 2 nitrogen and oxygen atoms in total. The molecular formula is C27H38O2. The predicted molar refractivity (Wildman–Crippen MR) is 120 cm³/mol. The normalized spacial score (nSPS) is 31.8. The number of hydrogen-bond donors (Lipinski definition) is 0. The average Bonchev–Trinajstić information content (AvgIpc) is 2.77. The molecule has 0 amide bonds. The third-order valence-electron chi connectivity index (χ3n) is 7.75. The van der Waals surface area contributed by atoms with Crippen LogP contribution >= 0.6 is 0 Å². The van der Waals surface area contributed by atoms with Crippen LogP contribution < -0.4 is 4.74 Å². The highest BCUT2D eigenvalue weighted by Crippen LogP contribution is 2.47. The predicted octanol–water partition coefficient (Wildman–Crippen LogP) is 6.53. The number of hydrogen-bond acceptors (Lipinski definition) is 2. The molecule has 2 saturated carbocycles. The van der Waals surface area contributed by atoms with Crippen LogP contribution in [0.4, 0.5) is 0 Å². The molecule has 0 radical (unpaired) electrons. The largest absolute Gasteiger partial charge is 0.490 e. The minimum Gasteiger partial charge on any atom is -0.490 e. The first-order valence-electron chi connectivity index (χ1n) is 11.8.